The molecule has 5 nitrogen and oxygen atoms in total. The van der Waals surface area contributed by atoms with Gasteiger partial charge >= 0.3 is 0 Å². The van der Waals surface area contributed by atoms with E-state index < -0.39 is 0 Å². The van der Waals surface area contributed by atoms with Gasteiger partial charge in [-0.2, -0.15) is 10.1 Å². The van der Waals surface area contributed by atoms with Crippen molar-refractivity contribution in [2.75, 3.05) is 19.0 Å². The van der Waals surface area contributed by atoms with Gasteiger partial charge in [-0.3, -0.25) is 4.68 Å². The van der Waals surface area contributed by atoms with Crippen LogP contribution in [0.3, 0.4) is 0 Å². The van der Waals surface area contributed by atoms with Crippen molar-refractivity contribution in [3.05, 3.63) is 36.2 Å². The average Bonchev–Trinajstić information content (AvgIpc) is 2.75. The minimum Gasteiger partial charge on any atom is -0.481 e. The number of nitrogens with one attached hydrogen (secondary N) is 1. The zero-order valence-corrected chi connectivity index (χ0v) is 10.1. The third-order valence-electron chi connectivity index (χ3n) is 2.39. The van der Waals surface area contributed by atoms with Crippen LogP contribution in [0.5, 0.6) is 5.88 Å². The molecule has 0 spiro atoms. The van der Waals surface area contributed by atoms with Crippen LogP contribution in [0.2, 0.25) is 0 Å². The minimum atomic E-state index is 0.618. The summed E-state index contributed by atoms with van der Waals surface area (Å²) in [6.07, 6.45) is 2.82. The summed E-state index contributed by atoms with van der Waals surface area (Å²) in [6.45, 7) is 0.803. The van der Waals surface area contributed by atoms with Gasteiger partial charge in [0.15, 0.2) is 0 Å². The van der Waals surface area contributed by atoms with Crippen LogP contribution in [-0.4, -0.2) is 28.4 Å². The highest BCUT2D eigenvalue weighted by atomic mass is 16.5. The van der Waals surface area contributed by atoms with Gasteiger partial charge in [-0.25, -0.2) is 0 Å². The summed E-state index contributed by atoms with van der Waals surface area (Å²) in [5.41, 5.74) is 1.07. The fraction of sp³-hybridized carbons (Fsp3) is 0.333. The monoisotopic (exact) mass is 232 g/mol. The first-order valence-corrected chi connectivity index (χ1v) is 5.51. The van der Waals surface area contributed by atoms with Gasteiger partial charge in [-0.1, -0.05) is 6.07 Å². The van der Waals surface area contributed by atoms with Crippen molar-refractivity contribution in [3.63, 3.8) is 0 Å². The molecule has 1 N–H and O–H groups in total. The first kappa shape index (κ1) is 11.4. The third-order valence-corrected chi connectivity index (χ3v) is 2.39. The Morgan fingerprint density at radius 3 is 2.94 bits per heavy atom. The first-order chi connectivity index (χ1) is 8.28. The van der Waals surface area contributed by atoms with E-state index in [1.165, 1.54) is 0 Å². The van der Waals surface area contributed by atoms with Crippen LogP contribution in [0, 0.1) is 0 Å². The highest BCUT2D eigenvalue weighted by Crippen LogP contribution is 2.10. The van der Waals surface area contributed by atoms with Crippen molar-refractivity contribution in [1.29, 1.82) is 0 Å². The number of hydrogen-bond acceptors (Lipinski definition) is 4. The predicted octanol–water partition coefficient (Wildman–Crippen LogP) is 1.48. The van der Waals surface area contributed by atoms with E-state index in [2.05, 4.69) is 15.4 Å². The Hall–Kier alpha value is -2.04. The van der Waals surface area contributed by atoms with Crippen LogP contribution < -0.4 is 10.1 Å². The maximum absolute atomic E-state index is 5.06. The number of nitrogens with zero attached hydrogens (tertiary/aromatic N) is 3. The Balaban J connectivity index is 1.85. The fourth-order valence-corrected chi connectivity index (χ4v) is 1.54. The summed E-state index contributed by atoms with van der Waals surface area (Å²) < 4.78 is 6.86. The lowest BCUT2D eigenvalue weighted by molar-refractivity contribution is 0.398. The predicted molar refractivity (Wildman–Crippen MR) is 66.2 cm³/mol. The summed E-state index contributed by atoms with van der Waals surface area (Å²) in [4.78, 5) is 4.27. The molecule has 17 heavy (non-hydrogen) atoms. The van der Waals surface area contributed by atoms with E-state index in [0.29, 0.717) is 5.88 Å². The molecular weight excluding hydrogens is 216 g/mol. The molecule has 2 rings (SSSR count). The Morgan fingerprint density at radius 2 is 2.24 bits per heavy atom. The average molecular weight is 232 g/mol. The second-order valence-electron chi connectivity index (χ2n) is 3.72. The van der Waals surface area contributed by atoms with Crippen LogP contribution in [0.25, 0.3) is 0 Å². The van der Waals surface area contributed by atoms with Gasteiger partial charge in [0.2, 0.25) is 5.88 Å². The normalized spacial score (nSPS) is 10.2. The number of methoxy groups -OCH3 is 1. The Morgan fingerprint density at radius 1 is 1.35 bits per heavy atom. The van der Waals surface area contributed by atoms with E-state index in [4.69, 9.17) is 4.74 Å². The van der Waals surface area contributed by atoms with Gasteiger partial charge in [0, 0.05) is 32.3 Å². The molecule has 0 aliphatic rings. The maximum atomic E-state index is 5.06. The molecule has 0 saturated heterocycles. The summed E-state index contributed by atoms with van der Waals surface area (Å²) in [6, 6.07) is 7.67. The molecule has 0 amide bonds. The third kappa shape index (κ3) is 3.21. The molecule has 0 saturated carbocycles. The van der Waals surface area contributed by atoms with Crippen LogP contribution >= 0.6 is 0 Å². The number of hydrogen-bond donors (Lipinski definition) is 1. The number of rotatable bonds is 5. The van der Waals surface area contributed by atoms with Crippen molar-refractivity contribution < 1.29 is 4.74 Å². The number of aromatic nitrogens is 3. The standard InChI is InChI=1S/C12H16N4O/c1-16-9-7-10(15-16)6-8-13-11-4-3-5-12(14-11)17-2/h3-5,7,9H,6,8H2,1-2H3,(H,13,14). The number of ether oxygens (including phenoxy) is 1. The summed E-state index contributed by atoms with van der Waals surface area (Å²) >= 11 is 0. The Kier molecular flexibility index (Phi) is 3.59. The molecule has 0 aromatic carbocycles. The smallest absolute Gasteiger partial charge is 0.214 e. The fourth-order valence-electron chi connectivity index (χ4n) is 1.54. The van der Waals surface area contributed by atoms with Gasteiger partial charge in [-0.15, -0.1) is 0 Å². The van der Waals surface area contributed by atoms with Gasteiger partial charge in [0.25, 0.3) is 0 Å². The van der Waals surface area contributed by atoms with Crippen LogP contribution in [0.15, 0.2) is 30.5 Å². The van der Waals surface area contributed by atoms with Crippen LogP contribution in [-0.2, 0) is 13.5 Å². The highest BCUT2D eigenvalue weighted by molar-refractivity contribution is 5.37. The molecule has 0 bridgehead atoms. The van der Waals surface area contributed by atoms with Crippen LogP contribution in [0.4, 0.5) is 5.82 Å². The lowest BCUT2D eigenvalue weighted by Gasteiger charge is -2.05. The highest BCUT2D eigenvalue weighted by Gasteiger charge is 1.99. The second-order valence-corrected chi connectivity index (χ2v) is 3.72. The van der Waals surface area contributed by atoms with E-state index in [-0.39, 0.29) is 0 Å². The van der Waals surface area contributed by atoms with Crippen molar-refractivity contribution in [3.8, 4) is 5.88 Å². The van der Waals surface area contributed by atoms with Gasteiger partial charge in [-0.05, 0) is 12.1 Å². The van der Waals surface area contributed by atoms with Crippen LogP contribution in [0.1, 0.15) is 5.69 Å². The topological polar surface area (TPSA) is 52.0 Å². The quantitative estimate of drug-likeness (QED) is 0.848. The zero-order valence-electron chi connectivity index (χ0n) is 10.1. The largest absolute Gasteiger partial charge is 0.481 e. The molecule has 2 aromatic heterocycles. The van der Waals surface area contributed by atoms with Gasteiger partial charge in [0.1, 0.15) is 5.82 Å². The lowest BCUT2D eigenvalue weighted by atomic mass is 10.3. The number of aryl methyl sites for hydroxylation is 1. The van der Waals surface area contributed by atoms with E-state index >= 15 is 0 Å². The number of pyridine rings is 1. The van der Waals surface area contributed by atoms with E-state index in [9.17, 15) is 0 Å². The summed E-state index contributed by atoms with van der Waals surface area (Å²) in [5, 5.41) is 7.54. The molecule has 0 aliphatic heterocycles. The zero-order chi connectivity index (χ0) is 12.1. The Labute approximate surface area is 100 Å². The molecule has 0 radical (unpaired) electrons. The summed E-state index contributed by atoms with van der Waals surface area (Å²) in [5.74, 6) is 1.44. The lowest BCUT2D eigenvalue weighted by Crippen LogP contribution is -2.07. The first-order valence-electron chi connectivity index (χ1n) is 5.51. The van der Waals surface area contributed by atoms with Crippen molar-refractivity contribution in [1.82, 2.24) is 14.8 Å². The molecule has 90 valence electrons. The van der Waals surface area contributed by atoms with Gasteiger partial charge in [0.05, 0.1) is 12.8 Å². The molecule has 0 unspecified atom stereocenters. The number of anilines is 1. The van der Waals surface area contributed by atoms with E-state index in [1.54, 1.807) is 11.8 Å². The second kappa shape index (κ2) is 5.34. The van der Waals surface area contributed by atoms with Gasteiger partial charge < -0.3 is 10.1 Å². The molecule has 5 heteroatoms. The van der Waals surface area contributed by atoms with Crippen molar-refractivity contribution in [2.24, 2.45) is 7.05 Å². The Bertz CT molecular complexity index is 481. The molecular formula is C12H16N4O. The molecule has 0 atom stereocenters. The molecule has 0 aliphatic carbocycles. The SMILES string of the molecule is COc1cccc(NCCc2ccn(C)n2)n1. The van der Waals surface area contributed by atoms with E-state index in [1.807, 2.05) is 37.5 Å². The van der Waals surface area contributed by atoms with E-state index in [0.717, 1.165) is 24.5 Å². The minimum absolute atomic E-state index is 0.618. The van der Waals surface area contributed by atoms with Crippen molar-refractivity contribution in [2.45, 2.75) is 6.42 Å². The van der Waals surface area contributed by atoms with Crippen molar-refractivity contribution >= 4 is 5.82 Å². The maximum Gasteiger partial charge on any atom is 0.214 e. The molecule has 0 fully saturated rings. The molecule has 2 aromatic rings. The summed E-state index contributed by atoms with van der Waals surface area (Å²) in [7, 11) is 3.53. The molecule has 2 heterocycles.